The zero-order valence-electron chi connectivity index (χ0n) is 9.32. The van der Waals surface area contributed by atoms with Crippen molar-refractivity contribution in [3.63, 3.8) is 0 Å². The van der Waals surface area contributed by atoms with E-state index in [-0.39, 0.29) is 12.7 Å². The molecule has 2 unspecified atom stereocenters. The Morgan fingerprint density at radius 2 is 2.27 bits per heavy atom. The first kappa shape index (κ1) is 11.3. The highest BCUT2D eigenvalue weighted by Gasteiger charge is 2.26. The van der Waals surface area contributed by atoms with Crippen LogP contribution >= 0.6 is 0 Å². The van der Waals surface area contributed by atoms with Crippen LogP contribution in [0.2, 0.25) is 0 Å². The molecule has 15 heavy (non-hydrogen) atoms. The lowest BCUT2D eigenvalue weighted by Crippen LogP contribution is -2.49. The van der Waals surface area contributed by atoms with E-state index in [9.17, 15) is 0 Å². The predicted molar refractivity (Wildman–Crippen MR) is 58.9 cm³/mol. The summed E-state index contributed by atoms with van der Waals surface area (Å²) in [4.78, 5) is 2.50. The SMILES string of the molecule is OCC1CN(C2CCCNCC2)CCO1. The summed E-state index contributed by atoms with van der Waals surface area (Å²) in [6, 6.07) is 0.693. The third kappa shape index (κ3) is 3.14. The van der Waals surface area contributed by atoms with Crippen LogP contribution in [0.5, 0.6) is 0 Å². The Bertz CT molecular complexity index is 181. The lowest BCUT2D eigenvalue weighted by molar-refractivity contribution is -0.0659. The predicted octanol–water partition coefficient (Wildman–Crippen LogP) is -0.178. The second-order valence-corrected chi connectivity index (χ2v) is 4.51. The van der Waals surface area contributed by atoms with E-state index in [0.717, 1.165) is 32.8 Å². The lowest BCUT2D eigenvalue weighted by atomic mass is 10.1. The summed E-state index contributed by atoms with van der Waals surface area (Å²) in [7, 11) is 0. The summed E-state index contributed by atoms with van der Waals surface area (Å²) in [5, 5.41) is 12.5. The first-order valence-electron chi connectivity index (χ1n) is 6.07. The summed E-state index contributed by atoms with van der Waals surface area (Å²) in [5.41, 5.74) is 0. The molecule has 0 aromatic rings. The molecule has 2 atom stereocenters. The fourth-order valence-electron chi connectivity index (χ4n) is 2.55. The quantitative estimate of drug-likeness (QED) is 0.669. The van der Waals surface area contributed by atoms with Gasteiger partial charge in [-0.3, -0.25) is 4.90 Å². The molecule has 2 heterocycles. The van der Waals surface area contributed by atoms with E-state index in [4.69, 9.17) is 9.84 Å². The molecule has 2 fully saturated rings. The maximum Gasteiger partial charge on any atom is 0.0932 e. The van der Waals surface area contributed by atoms with Crippen molar-refractivity contribution in [2.24, 2.45) is 0 Å². The van der Waals surface area contributed by atoms with Gasteiger partial charge < -0.3 is 15.2 Å². The third-order valence-electron chi connectivity index (χ3n) is 3.44. The van der Waals surface area contributed by atoms with E-state index >= 15 is 0 Å². The molecule has 88 valence electrons. The Morgan fingerprint density at radius 1 is 1.33 bits per heavy atom. The average Bonchev–Trinajstić information content (AvgIpc) is 2.58. The van der Waals surface area contributed by atoms with Gasteiger partial charge in [-0.1, -0.05) is 0 Å². The summed E-state index contributed by atoms with van der Waals surface area (Å²) >= 11 is 0. The van der Waals surface area contributed by atoms with Crippen LogP contribution in [0.3, 0.4) is 0 Å². The lowest BCUT2D eigenvalue weighted by Gasteiger charge is -2.37. The van der Waals surface area contributed by atoms with Crippen molar-refractivity contribution >= 4 is 0 Å². The summed E-state index contributed by atoms with van der Waals surface area (Å²) in [6.07, 6.45) is 3.82. The van der Waals surface area contributed by atoms with Crippen molar-refractivity contribution in [2.45, 2.75) is 31.4 Å². The van der Waals surface area contributed by atoms with Crippen molar-refractivity contribution in [1.29, 1.82) is 0 Å². The summed E-state index contributed by atoms with van der Waals surface area (Å²) in [5.74, 6) is 0. The first-order chi connectivity index (χ1) is 7.40. The van der Waals surface area contributed by atoms with Crippen LogP contribution in [-0.2, 0) is 4.74 Å². The molecule has 0 radical (unpaired) electrons. The van der Waals surface area contributed by atoms with Crippen LogP contribution in [0.1, 0.15) is 19.3 Å². The molecule has 2 aliphatic rings. The van der Waals surface area contributed by atoms with Gasteiger partial charge in [0.25, 0.3) is 0 Å². The van der Waals surface area contributed by atoms with E-state index in [0.29, 0.717) is 6.04 Å². The van der Waals surface area contributed by atoms with Crippen LogP contribution in [0.25, 0.3) is 0 Å². The van der Waals surface area contributed by atoms with E-state index < -0.39 is 0 Å². The smallest absolute Gasteiger partial charge is 0.0932 e. The van der Waals surface area contributed by atoms with Crippen LogP contribution in [0.15, 0.2) is 0 Å². The number of hydrogen-bond donors (Lipinski definition) is 2. The minimum absolute atomic E-state index is 0.0370. The molecule has 0 amide bonds. The minimum Gasteiger partial charge on any atom is -0.394 e. The van der Waals surface area contributed by atoms with E-state index in [1.165, 1.54) is 19.3 Å². The highest BCUT2D eigenvalue weighted by atomic mass is 16.5. The van der Waals surface area contributed by atoms with Gasteiger partial charge in [-0.25, -0.2) is 0 Å². The first-order valence-corrected chi connectivity index (χ1v) is 6.07. The number of aliphatic hydroxyl groups excluding tert-OH is 1. The third-order valence-corrected chi connectivity index (χ3v) is 3.44. The zero-order valence-corrected chi connectivity index (χ0v) is 9.32. The topological polar surface area (TPSA) is 44.7 Å². The Morgan fingerprint density at radius 3 is 3.13 bits per heavy atom. The maximum atomic E-state index is 9.10. The van der Waals surface area contributed by atoms with Gasteiger partial charge in [0.1, 0.15) is 0 Å². The molecule has 4 nitrogen and oxygen atoms in total. The minimum atomic E-state index is 0.0370. The monoisotopic (exact) mass is 214 g/mol. The van der Waals surface area contributed by atoms with Gasteiger partial charge in [0.2, 0.25) is 0 Å². The summed E-state index contributed by atoms with van der Waals surface area (Å²) in [6.45, 7) is 5.15. The van der Waals surface area contributed by atoms with Gasteiger partial charge >= 0.3 is 0 Å². The number of nitrogens with one attached hydrogen (secondary N) is 1. The van der Waals surface area contributed by atoms with Gasteiger partial charge in [-0.15, -0.1) is 0 Å². The molecule has 2 aliphatic heterocycles. The molecule has 2 N–H and O–H groups in total. The Hall–Kier alpha value is -0.160. The molecule has 0 saturated carbocycles. The normalized spacial score (nSPS) is 35.0. The Kier molecular flexibility index (Phi) is 4.38. The van der Waals surface area contributed by atoms with Crippen molar-refractivity contribution in [1.82, 2.24) is 10.2 Å². The fraction of sp³-hybridized carbons (Fsp3) is 1.00. The highest BCUT2D eigenvalue weighted by Crippen LogP contribution is 2.16. The number of morpholine rings is 1. The summed E-state index contributed by atoms with van der Waals surface area (Å²) < 4.78 is 5.47. The second-order valence-electron chi connectivity index (χ2n) is 4.51. The van der Waals surface area contributed by atoms with Crippen molar-refractivity contribution in [3.05, 3.63) is 0 Å². The molecular formula is C11H22N2O2. The molecule has 0 spiro atoms. The molecule has 2 rings (SSSR count). The number of hydrogen-bond acceptors (Lipinski definition) is 4. The highest BCUT2D eigenvalue weighted by molar-refractivity contribution is 4.80. The van der Waals surface area contributed by atoms with Crippen LogP contribution < -0.4 is 5.32 Å². The van der Waals surface area contributed by atoms with E-state index in [2.05, 4.69) is 10.2 Å². The molecule has 0 aromatic carbocycles. The zero-order chi connectivity index (χ0) is 10.5. The molecule has 0 aliphatic carbocycles. The number of rotatable bonds is 2. The fourth-order valence-corrected chi connectivity index (χ4v) is 2.55. The van der Waals surface area contributed by atoms with Gasteiger partial charge in [-0.05, 0) is 32.4 Å². The van der Waals surface area contributed by atoms with E-state index in [1.807, 2.05) is 0 Å². The average molecular weight is 214 g/mol. The van der Waals surface area contributed by atoms with E-state index in [1.54, 1.807) is 0 Å². The molecule has 2 saturated heterocycles. The van der Waals surface area contributed by atoms with Crippen molar-refractivity contribution < 1.29 is 9.84 Å². The molecule has 0 aromatic heterocycles. The number of ether oxygens (including phenoxy) is 1. The Labute approximate surface area is 91.6 Å². The van der Waals surface area contributed by atoms with Gasteiger partial charge in [0, 0.05) is 19.1 Å². The van der Waals surface area contributed by atoms with Crippen molar-refractivity contribution in [3.8, 4) is 0 Å². The number of aliphatic hydroxyl groups is 1. The molecule has 0 bridgehead atoms. The van der Waals surface area contributed by atoms with Crippen LogP contribution in [0.4, 0.5) is 0 Å². The second kappa shape index (κ2) is 5.80. The van der Waals surface area contributed by atoms with Gasteiger partial charge in [0.15, 0.2) is 0 Å². The van der Waals surface area contributed by atoms with Crippen LogP contribution in [0, 0.1) is 0 Å². The van der Waals surface area contributed by atoms with Gasteiger partial charge in [0.05, 0.1) is 19.3 Å². The van der Waals surface area contributed by atoms with Gasteiger partial charge in [-0.2, -0.15) is 0 Å². The standard InChI is InChI=1S/C11H22N2O2/c14-9-11-8-13(6-7-15-11)10-2-1-4-12-5-3-10/h10-12,14H,1-9H2. The maximum absolute atomic E-state index is 9.10. The molecule has 4 heteroatoms. The largest absolute Gasteiger partial charge is 0.394 e. The molecular weight excluding hydrogens is 192 g/mol. The van der Waals surface area contributed by atoms with Crippen molar-refractivity contribution in [2.75, 3.05) is 39.4 Å². The Balaban J connectivity index is 1.84. The van der Waals surface area contributed by atoms with Crippen LogP contribution in [-0.4, -0.2) is 61.5 Å². The number of nitrogens with zero attached hydrogens (tertiary/aromatic N) is 1.